The third-order valence-electron chi connectivity index (χ3n) is 12.0. The van der Waals surface area contributed by atoms with Crippen molar-refractivity contribution in [2.24, 2.45) is 0 Å². The molecule has 0 fully saturated rings. The van der Waals surface area contributed by atoms with Gasteiger partial charge in [0.15, 0.2) is 0 Å². The molecule has 0 atom stereocenters. The lowest BCUT2D eigenvalue weighted by Gasteiger charge is -2.32. The van der Waals surface area contributed by atoms with E-state index in [2.05, 4.69) is 264 Å². The molecule has 292 valence electrons. The number of benzene rings is 10. The number of hydrogen-bond acceptors (Lipinski definition) is 1. The van der Waals surface area contributed by atoms with Crippen LogP contribution in [0, 0.1) is 0 Å². The maximum Gasteiger partial charge on any atom is 0.0619 e. The molecular formula is C60H42N2. The van der Waals surface area contributed by atoms with Crippen LogP contribution in [0.15, 0.2) is 255 Å². The Morgan fingerprint density at radius 2 is 0.758 bits per heavy atom. The second-order valence-electron chi connectivity index (χ2n) is 15.6. The van der Waals surface area contributed by atoms with Crippen LogP contribution in [0.4, 0.5) is 17.1 Å². The van der Waals surface area contributed by atoms with Crippen LogP contribution in [0.3, 0.4) is 0 Å². The van der Waals surface area contributed by atoms with Crippen molar-refractivity contribution in [1.29, 1.82) is 0 Å². The highest BCUT2D eigenvalue weighted by Gasteiger charge is 2.25. The summed E-state index contributed by atoms with van der Waals surface area (Å²) in [7, 11) is 0. The van der Waals surface area contributed by atoms with E-state index in [0.29, 0.717) is 0 Å². The van der Waals surface area contributed by atoms with Gasteiger partial charge < -0.3 is 9.47 Å². The van der Waals surface area contributed by atoms with E-state index in [1.807, 2.05) is 0 Å². The Morgan fingerprint density at radius 3 is 1.48 bits per heavy atom. The monoisotopic (exact) mass is 790 g/mol. The van der Waals surface area contributed by atoms with Gasteiger partial charge in [0.25, 0.3) is 0 Å². The molecule has 10 aromatic carbocycles. The summed E-state index contributed by atoms with van der Waals surface area (Å²) in [6.07, 6.45) is 0. The van der Waals surface area contributed by atoms with Crippen molar-refractivity contribution in [1.82, 2.24) is 4.57 Å². The first-order valence-corrected chi connectivity index (χ1v) is 21.3. The molecule has 0 aliphatic carbocycles. The van der Waals surface area contributed by atoms with Crippen molar-refractivity contribution in [2.45, 2.75) is 0 Å². The lowest BCUT2D eigenvalue weighted by molar-refractivity contribution is 1.18. The molecule has 0 aliphatic rings. The number of rotatable bonds is 9. The molecule has 1 aromatic heterocycles. The van der Waals surface area contributed by atoms with Crippen molar-refractivity contribution in [3.63, 3.8) is 0 Å². The van der Waals surface area contributed by atoms with Crippen LogP contribution in [0.1, 0.15) is 0 Å². The molecule has 11 aromatic rings. The molecule has 0 aliphatic heterocycles. The van der Waals surface area contributed by atoms with Crippen molar-refractivity contribution >= 4 is 38.9 Å². The Labute approximate surface area is 362 Å². The van der Waals surface area contributed by atoms with Crippen LogP contribution in [-0.4, -0.2) is 4.57 Å². The molecular weight excluding hydrogens is 749 g/mol. The van der Waals surface area contributed by atoms with Gasteiger partial charge in [-0.1, -0.05) is 212 Å². The summed E-state index contributed by atoms with van der Waals surface area (Å²) in [6, 6.07) is 92.2. The van der Waals surface area contributed by atoms with Gasteiger partial charge in [0, 0.05) is 38.8 Å². The summed E-state index contributed by atoms with van der Waals surface area (Å²) < 4.78 is 2.43. The predicted octanol–water partition coefficient (Wildman–Crippen LogP) is 16.6. The van der Waals surface area contributed by atoms with Crippen LogP contribution in [0.2, 0.25) is 0 Å². The van der Waals surface area contributed by atoms with E-state index in [9.17, 15) is 0 Å². The minimum absolute atomic E-state index is 1.06. The van der Waals surface area contributed by atoms with E-state index >= 15 is 0 Å². The number of nitrogens with zero attached hydrogens (tertiary/aromatic N) is 2. The molecule has 2 heteroatoms. The largest absolute Gasteiger partial charge is 0.309 e. The Morgan fingerprint density at radius 1 is 0.290 bits per heavy atom. The zero-order valence-corrected chi connectivity index (χ0v) is 34.1. The van der Waals surface area contributed by atoms with Crippen molar-refractivity contribution < 1.29 is 0 Å². The fourth-order valence-corrected chi connectivity index (χ4v) is 9.29. The van der Waals surface area contributed by atoms with Gasteiger partial charge in [0.1, 0.15) is 0 Å². The molecule has 0 N–H and O–H groups in total. The van der Waals surface area contributed by atoms with Crippen molar-refractivity contribution in [3.05, 3.63) is 255 Å². The summed E-state index contributed by atoms with van der Waals surface area (Å²) in [5.41, 5.74) is 18.4. The minimum atomic E-state index is 1.06. The van der Waals surface area contributed by atoms with E-state index < -0.39 is 0 Å². The zero-order valence-electron chi connectivity index (χ0n) is 34.1. The maximum absolute atomic E-state index is 2.49. The first-order chi connectivity index (χ1) is 30.8. The molecule has 0 unspecified atom stereocenters. The minimum Gasteiger partial charge on any atom is -0.309 e. The standard InChI is InChI=1S/C60H42N2/c1-5-22-43(23-6-1)49-32-13-14-35-54(49)59-51(45-26-9-3-10-27-45)36-21-41-58(59)61(56-39-17-15-33-50(56)44-24-7-2-8-25-44)48-31-19-28-46(42-48)52-37-20-38-55-53-34-16-18-40-57(53)62(60(52)55)47-29-11-4-12-30-47/h1-42H. The van der Waals surface area contributed by atoms with E-state index in [-0.39, 0.29) is 0 Å². The smallest absolute Gasteiger partial charge is 0.0619 e. The second kappa shape index (κ2) is 16.1. The number of fused-ring (bicyclic) bond motifs is 3. The molecule has 0 saturated heterocycles. The molecule has 0 spiro atoms. The van der Waals surface area contributed by atoms with Crippen LogP contribution in [-0.2, 0) is 0 Å². The molecule has 0 radical (unpaired) electrons. The van der Waals surface area contributed by atoms with Crippen molar-refractivity contribution in [3.8, 4) is 61.3 Å². The third kappa shape index (κ3) is 6.56. The van der Waals surface area contributed by atoms with E-state index in [0.717, 1.165) is 50.6 Å². The highest BCUT2D eigenvalue weighted by molar-refractivity contribution is 6.14. The topological polar surface area (TPSA) is 8.17 Å². The lowest BCUT2D eigenvalue weighted by Crippen LogP contribution is -2.13. The summed E-state index contributed by atoms with van der Waals surface area (Å²) in [5.74, 6) is 0. The quantitative estimate of drug-likeness (QED) is 0.141. The zero-order chi connectivity index (χ0) is 41.2. The van der Waals surface area contributed by atoms with Gasteiger partial charge in [-0.15, -0.1) is 0 Å². The Balaban J connectivity index is 1.21. The van der Waals surface area contributed by atoms with E-state index in [4.69, 9.17) is 0 Å². The van der Waals surface area contributed by atoms with Gasteiger partial charge in [-0.25, -0.2) is 0 Å². The Hall–Kier alpha value is -8.20. The second-order valence-corrected chi connectivity index (χ2v) is 15.6. The van der Waals surface area contributed by atoms with Gasteiger partial charge in [0.05, 0.1) is 22.4 Å². The normalized spacial score (nSPS) is 11.2. The highest BCUT2D eigenvalue weighted by atomic mass is 15.1. The number of hydrogen-bond donors (Lipinski definition) is 0. The molecule has 0 bridgehead atoms. The Kier molecular flexibility index (Phi) is 9.57. The first-order valence-electron chi connectivity index (χ1n) is 21.3. The third-order valence-corrected chi connectivity index (χ3v) is 12.0. The Bertz CT molecular complexity index is 3330. The lowest BCUT2D eigenvalue weighted by atomic mass is 9.87. The highest BCUT2D eigenvalue weighted by Crippen LogP contribution is 2.50. The number of aromatic nitrogens is 1. The number of para-hydroxylation sites is 4. The van der Waals surface area contributed by atoms with Crippen LogP contribution < -0.4 is 4.90 Å². The number of anilines is 3. The SMILES string of the molecule is c1ccc(-c2ccccc2-c2c(-c3ccccc3)cccc2N(c2cccc(-c3cccc4c5ccccc5n(-c5ccccc5)c34)c2)c2ccccc2-c2ccccc2)cc1. The first kappa shape index (κ1) is 36.8. The van der Waals surface area contributed by atoms with E-state index in [1.54, 1.807) is 0 Å². The van der Waals surface area contributed by atoms with Crippen LogP contribution in [0.25, 0.3) is 83.1 Å². The summed E-state index contributed by atoms with van der Waals surface area (Å²) in [4.78, 5) is 2.49. The molecule has 1 heterocycles. The van der Waals surface area contributed by atoms with Gasteiger partial charge in [0.2, 0.25) is 0 Å². The summed E-state index contributed by atoms with van der Waals surface area (Å²) in [5, 5.41) is 2.47. The molecule has 62 heavy (non-hydrogen) atoms. The molecule has 0 saturated carbocycles. The van der Waals surface area contributed by atoms with Crippen molar-refractivity contribution in [2.75, 3.05) is 4.90 Å². The summed E-state index contributed by atoms with van der Waals surface area (Å²) in [6.45, 7) is 0. The van der Waals surface area contributed by atoms with Crippen LogP contribution >= 0.6 is 0 Å². The average molecular weight is 791 g/mol. The fraction of sp³-hybridized carbons (Fsp3) is 0. The van der Waals surface area contributed by atoms with E-state index in [1.165, 1.54) is 49.6 Å². The van der Waals surface area contributed by atoms with Gasteiger partial charge in [-0.05, 0) is 81.4 Å². The molecule has 11 rings (SSSR count). The summed E-state index contributed by atoms with van der Waals surface area (Å²) >= 11 is 0. The predicted molar refractivity (Wildman–Crippen MR) is 263 cm³/mol. The fourth-order valence-electron chi connectivity index (χ4n) is 9.29. The van der Waals surface area contributed by atoms with Gasteiger partial charge >= 0.3 is 0 Å². The van der Waals surface area contributed by atoms with Gasteiger partial charge in [-0.2, -0.15) is 0 Å². The van der Waals surface area contributed by atoms with Crippen LogP contribution in [0.5, 0.6) is 0 Å². The van der Waals surface area contributed by atoms with Gasteiger partial charge in [-0.3, -0.25) is 0 Å². The maximum atomic E-state index is 2.49. The average Bonchev–Trinajstić information content (AvgIpc) is 3.70. The molecule has 0 amide bonds. The molecule has 2 nitrogen and oxygen atoms in total.